The SMILES string of the molecule is Nc1cccc2c(=O)o[nH]c12. The van der Waals surface area contributed by atoms with Gasteiger partial charge in [0.2, 0.25) is 0 Å². The molecule has 2 aromatic rings. The maximum absolute atomic E-state index is 10.9. The minimum atomic E-state index is -0.382. The highest BCUT2D eigenvalue weighted by Crippen LogP contribution is 2.14. The first-order valence-corrected chi connectivity index (χ1v) is 3.15. The summed E-state index contributed by atoms with van der Waals surface area (Å²) in [6.45, 7) is 0. The largest absolute Gasteiger partial charge is 0.397 e. The van der Waals surface area contributed by atoms with Gasteiger partial charge in [-0.25, -0.2) is 9.95 Å². The summed E-state index contributed by atoms with van der Waals surface area (Å²) in [4.78, 5) is 10.9. The van der Waals surface area contributed by atoms with Gasteiger partial charge in [0.25, 0.3) is 0 Å². The molecule has 4 heteroatoms. The maximum atomic E-state index is 10.9. The second kappa shape index (κ2) is 1.88. The molecule has 11 heavy (non-hydrogen) atoms. The van der Waals surface area contributed by atoms with Crippen LogP contribution in [0, 0.1) is 0 Å². The average molecular weight is 150 g/mol. The monoisotopic (exact) mass is 150 g/mol. The number of para-hydroxylation sites is 1. The lowest BCUT2D eigenvalue weighted by Gasteiger charge is -1.89. The van der Waals surface area contributed by atoms with Gasteiger partial charge in [0.1, 0.15) is 5.52 Å². The van der Waals surface area contributed by atoms with Crippen molar-refractivity contribution in [1.82, 2.24) is 5.16 Å². The standard InChI is InChI=1S/C7H6N2O2/c8-5-3-1-2-4-6(5)9-11-7(4)10/h1-3,9H,8H2. The molecule has 0 atom stereocenters. The molecule has 0 radical (unpaired) electrons. The molecule has 1 heterocycles. The Hall–Kier alpha value is -1.71. The summed E-state index contributed by atoms with van der Waals surface area (Å²) in [5, 5.41) is 2.93. The fraction of sp³-hybridized carbons (Fsp3) is 0. The van der Waals surface area contributed by atoms with Crippen molar-refractivity contribution in [3.63, 3.8) is 0 Å². The van der Waals surface area contributed by atoms with Crippen LogP contribution >= 0.6 is 0 Å². The third kappa shape index (κ3) is 0.724. The van der Waals surface area contributed by atoms with E-state index in [0.29, 0.717) is 16.6 Å². The molecule has 3 N–H and O–H groups in total. The quantitative estimate of drug-likeness (QED) is 0.543. The zero-order chi connectivity index (χ0) is 7.84. The summed E-state index contributed by atoms with van der Waals surface area (Å²) in [6.07, 6.45) is 0. The van der Waals surface area contributed by atoms with Crippen LogP contribution in [0.1, 0.15) is 0 Å². The fourth-order valence-corrected chi connectivity index (χ4v) is 1.01. The summed E-state index contributed by atoms with van der Waals surface area (Å²) in [6, 6.07) is 5.07. The first-order valence-electron chi connectivity index (χ1n) is 3.15. The smallest absolute Gasteiger partial charge is 0.365 e. The molecule has 0 saturated heterocycles. The Labute approximate surface area is 61.6 Å². The van der Waals surface area contributed by atoms with Crippen molar-refractivity contribution >= 4 is 16.6 Å². The summed E-state index contributed by atoms with van der Waals surface area (Å²) in [7, 11) is 0. The zero-order valence-corrected chi connectivity index (χ0v) is 5.63. The van der Waals surface area contributed by atoms with E-state index in [1.54, 1.807) is 18.2 Å². The third-order valence-electron chi connectivity index (χ3n) is 1.56. The van der Waals surface area contributed by atoms with Crippen molar-refractivity contribution in [3.05, 3.63) is 28.6 Å². The van der Waals surface area contributed by atoms with Gasteiger partial charge in [-0.15, -0.1) is 0 Å². The van der Waals surface area contributed by atoms with Gasteiger partial charge in [-0.1, -0.05) is 6.07 Å². The minimum absolute atomic E-state index is 0.382. The van der Waals surface area contributed by atoms with Gasteiger partial charge in [-0.05, 0) is 12.1 Å². The van der Waals surface area contributed by atoms with E-state index in [0.717, 1.165) is 0 Å². The lowest BCUT2D eigenvalue weighted by molar-refractivity contribution is 0.400. The van der Waals surface area contributed by atoms with Crippen molar-refractivity contribution in [3.8, 4) is 0 Å². The Bertz CT molecular complexity index is 441. The van der Waals surface area contributed by atoms with Crippen LogP contribution in [-0.4, -0.2) is 5.16 Å². The van der Waals surface area contributed by atoms with Crippen LogP contribution in [-0.2, 0) is 0 Å². The number of nitrogen functional groups attached to an aromatic ring is 1. The molecule has 0 aliphatic heterocycles. The van der Waals surface area contributed by atoms with Crippen molar-refractivity contribution < 1.29 is 4.52 Å². The van der Waals surface area contributed by atoms with E-state index >= 15 is 0 Å². The van der Waals surface area contributed by atoms with E-state index in [4.69, 9.17) is 5.73 Å². The molecule has 56 valence electrons. The van der Waals surface area contributed by atoms with Gasteiger partial charge in [0.15, 0.2) is 0 Å². The predicted octanol–water partition coefficient (Wildman–Crippen LogP) is 0.703. The van der Waals surface area contributed by atoms with Gasteiger partial charge in [0.05, 0.1) is 11.1 Å². The van der Waals surface area contributed by atoms with E-state index < -0.39 is 0 Å². The molecule has 1 aromatic heterocycles. The zero-order valence-electron chi connectivity index (χ0n) is 5.63. The molecule has 0 aliphatic rings. The van der Waals surface area contributed by atoms with Crippen molar-refractivity contribution in [1.29, 1.82) is 0 Å². The van der Waals surface area contributed by atoms with Gasteiger partial charge in [-0.3, -0.25) is 0 Å². The van der Waals surface area contributed by atoms with Gasteiger partial charge < -0.3 is 10.3 Å². The number of aromatic amines is 1. The Morgan fingerprint density at radius 1 is 1.45 bits per heavy atom. The maximum Gasteiger partial charge on any atom is 0.365 e. The lowest BCUT2D eigenvalue weighted by atomic mass is 10.2. The van der Waals surface area contributed by atoms with Gasteiger partial charge >= 0.3 is 5.63 Å². The van der Waals surface area contributed by atoms with E-state index in [-0.39, 0.29) is 5.63 Å². The average Bonchev–Trinajstić information content (AvgIpc) is 2.35. The number of aromatic nitrogens is 1. The Morgan fingerprint density at radius 3 is 3.00 bits per heavy atom. The lowest BCUT2D eigenvalue weighted by Crippen LogP contribution is -1.91. The van der Waals surface area contributed by atoms with E-state index in [1.807, 2.05) is 0 Å². The molecule has 2 rings (SSSR count). The number of hydrogen-bond acceptors (Lipinski definition) is 3. The molecule has 0 saturated carbocycles. The molecule has 0 bridgehead atoms. The molecular formula is C7H6N2O2. The summed E-state index contributed by atoms with van der Waals surface area (Å²) in [5.41, 5.74) is 6.25. The molecule has 4 nitrogen and oxygen atoms in total. The number of fused-ring (bicyclic) bond motifs is 1. The third-order valence-corrected chi connectivity index (χ3v) is 1.56. The topological polar surface area (TPSA) is 72.0 Å². The second-order valence-electron chi connectivity index (χ2n) is 2.26. The molecule has 0 amide bonds. The number of hydrogen-bond donors (Lipinski definition) is 2. The molecule has 0 fully saturated rings. The van der Waals surface area contributed by atoms with Crippen LogP contribution in [0.5, 0.6) is 0 Å². The van der Waals surface area contributed by atoms with Crippen molar-refractivity contribution in [2.24, 2.45) is 0 Å². The minimum Gasteiger partial charge on any atom is -0.397 e. The van der Waals surface area contributed by atoms with E-state index in [9.17, 15) is 4.79 Å². The number of nitrogens with one attached hydrogen (secondary N) is 1. The molecule has 1 aromatic carbocycles. The number of anilines is 1. The van der Waals surface area contributed by atoms with Gasteiger partial charge in [0, 0.05) is 0 Å². The van der Waals surface area contributed by atoms with Crippen LogP contribution in [0.4, 0.5) is 5.69 Å². The number of H-pyrrole nitrogens is 1. The summed E-state index contributed by atoms with van der Waals surface area (Å²) < 4.78 is 4.54. The van der Waals surface area contributed by atoms with E-state index in [1.165, 1.54) is 0 Å². The van der Waals surface area contributed by atoms with Crippen molar-refractivity contribution in [2.45, 2.75) is 0 Å². The number of benzene rings is 1. The summed E-state index contributed by atoms with van der Waals surface area (Å²) in [5.74, 6) is 0. The molecular weight excluding hydrogens is 144 g/mol. The first kappa shape index (κ1) is 6.03. The predicted molar refractivity (Wildman–Crippen MR) is 41.2 cm³/mol. The number of nitrogens with two attached hydrogens (primary N) is 1. The van der Waals surface area contributed by atoms with Crippen LogP contribution in [0.15, 0.2) is 27.5 Å². The summed E-state index contributed by atoms with van der Waals surface area (Å²) >= 11 is 0. The Balaban J connectivity index is 3.06. The highest BCUT2D eigenvalue weighted by molar-refractivity contribution is 5.87. The van der Waals surface area contributed by atoms with Crippen LogP contribution < -0.4 is 11.4 Å². The van der Waals surface area contributed by atoms with E-state index in [2.05, 4.69) is 9.68 Å². The molecule has 0 spiro atoms. The Kier molecular flexibility index (Phi) is 1.03. The normalized spacial score (nSPS) is 10.5. The second-order valence-corrected chi connectivity index (χ2v) is 2.26. The molecule has 0 aliphatic carbocycles. The number of rotatable bonds is 0. The first-order chi connectivity index (χ1) is 5.29. The highest BCUT2D eigenvalue weighted by Gasteiger charge is 2.03. The van der Waals surface area contributed by atoms with Crippen molar-refractivity contribution in [2.75, 3.05) is 5.73 Å². The Morgan fingerprint density at radius 2 is 2.27 bits per heavy atom. The fourth-order valence-electron chi connectivity index (χ4n) is 1.01. The van der Waals surface area contributed by atoms with Crippen LogP contribution in [0.3, 0.4) is 0 Å². The van der Waals surface area contributed by atoms with Crippen LogP contribution in [0.2, 0.25) is 0 Å². The van der Waals surface area contributed by atoms with Crippen LogP contribution in [0.25, 0.3) is 10.9 Å². The van der Waals surface area contributed by atoms with Gasteiger partial charge in [-0.2, -0.15) is 0 Å². The highest BCUT2D eigenvalue weighted by atomic mass is 16.5. The molecule has 0 unspecified atom stereocenters.